The standard InChI is InChI=1S/C14H15Br2NS/c1-8-6-11(15)14(12(16)7-8)17-10(3)13-5-4-9(2)18-13/h4-7,10,17H,1-3H3. The zero-order valence-corrected chi connectivity index (χ0v) is 14.5. The molecule has 18 heavy (non-hydrogen) atoms. The monoisotopic (exact) mass is 387 g/mol. The lowest BCUT2D eigenvalue weighted by Gasteiger charge is -2.17. The van der Waals surface area contributed by atoms with Crippen LogP contribution in [0.15, 0.2) is 33.2 Å². The van der Waals surface area contributed by atoms with E-state index in [0.717, 1.165) is 14.6 Å². The van der Waals surface area contributed by atoms with Crippen LogP contribution < -0.4 is 5.32 Å². The molecule has 0 aliphatic heterocycles. The van der Waals surface area contributed by atoms with Crippen molar-refractivity contribution in [1.29, 1.82) is 0 Å². The van der Waals surface area contributed by atoms with Crippen LogP contribution in [-0.4, -0.2) is 0 Å². The third-order valence-electron chi connectivity index (χ3n) is 2.74. The van der Waals surface area contributed by atoms with E-state index in [1.807, 2.05) is 11.3 Å². The molecule has 4 heteroatoms. The minimum atomic E-state index is 0.305. The summed E-state index contributed by atoms with van der Waals surface area (Å²) < 4.78 is 2.18. The molecule has 0 radical (unpaired) electrons. The molecule has 1 N–H and O–H groups in total. The van der Waals surface area contributed by atoms with Gasteiger partial charge in [0.1, 0.15) is 0 Å². The van der Waals surface area contributed by atoms with Gasteiger partial charge in [-0.2, -0.15) is 0 Å². The van der Waals surface area contributed by atoms with Crippen molar-refractivity contribution in [2.45, 2.75) is 26.8 Å². The number of hydrogen-bond donors (Lipinski definition) is 1. The number of hydrogen-bond acceptors (Lipinski definition) is 2. The molecule has 0 bridgehead atoms. The Labute approximate surface area is 129 Å². The molecule has 0 amide bonds. The second kappa shape index (κ2) is 5.76. The Morgan fingerprint density at radius 2 is 1.72 bits per heavy atom. The third-order valence-corrected chi connectivity index (χ3v) is 5.17. The van der Waals surface area contributed by atoms with Crippen LogP contribution in [0.3, 0.4) is 0 Å². The summed E-state index contributed by atoms with van der Waals surface area (Å²) in [6.45, 7) is 6.41. The number of rotatable bonds is 3. The lowest BCUT2D eigenvalue weighted by Crippen LogP contribution is -2.06. The maximum absolute atomic E-state index is 3.62. The fourth-order valence-electron chi connectivity index (χ4n) is 1.81. The Hall–Kier alpha value is -0.320. The third kappa shape index (κ3) is 3.16. The molecule has 96 valence electrons. The molecular weight excluding hydrogens is 374 g/mol. The zero-order valence-electron chi connectivity index (χ0n) is 10.6. The molecule has 2 aromatic rings. The molecule has 0 aliphatic carbocycles. The number of nitrogens with one attached hydrogen (secondary N) is 1. The van der Waals surface area contributed by atoms with Crippen LogP contribution in [-0.2, 0) is 0 Å². The Balaban J connectivity index is 2.24. The van der Waals surface area contributed by atoms with Crippen LogP contribution in [0.25, 0.3) is 0 Å². The highest BCUT2D eigenvalue weighted by Gasteiger charge is 2.12. The highest BCUT2D eigenvalue weighted by molar-refractivity contribution is 9.11. The summed E-state index contributed by atoms with van der Waals surface area (Å²) in [7, 11) is 0. The van der Waals surface area contributed by atoms with Gasteiger partial charge in [-0.25, -0.2) is 0 Å². The summed E-state index contributed by atoms with van der Waals surface area (Å²) in [6, 6.07) is 8.91. The number of aryl methyl sites for hydroxylation is 2. The molecule has 0 saturated heterocycles. The summed E-state index contributed by atoms with van der Waals surface area (Å²) in [4.78, 5) is 2.70. The molecular formula is C14H15Br2NS. The van der Waals surface area contributed by atoms with Gasteiger partial charge in [0.2, 0.25) is 0 Å². The Morgan fingerprint density at radius 3 is 2.22 bits per heavy atom. The largest absolute Gasteiger partial charge is 0.376 e. The van der Waals surface area contributed by atoms with Gasteiger partial charge in [-0.15, -0.1) is 11.3 Å². The molecule has 0 spiro atoms. The van der Waals surface area contributed by atoms with E-state index in [4.69, 9.17) is 0 Å². The van der Waals surface area contributed by atoms with E-state index in [9.17, 15) is 0 Å². The highest BCUT2D eigenvalue weighted by Crippen LogP contribution is 2.35. The van der Waals surface area contributed by atoms with E-state index in [-0.39, 0.29) is 0 Å². The fraction of sp³-hybridized carbons (Fsp3) is 0.286. The van der Waals surface area contributed by atoms with Gasteiger partial charge in [0, 0.05) is 18.7 Å². The van der Waals surface area contributed by atoms with Crippen LogP contribution >= 0.6 is 43.2 Å². The lowest BCUT2D eigenvalue weighted by atomic mass is 10.2. The summed E-state index contributed by atoms with van der Waals surface area (Å²) in [5.74, 6) is 0. The predicted molar refractivity (Wildman–Crippen MR) is 87.7 cm³/mol. The molecule has 1 unspecified atom stereocenters. The van der Waals surface area contributed by atoms with Gasteiger partial charge in [0.15, 0.2) is 0 Å². The van der Waals surface area contributed by atoms with E-state index in [1.165, 1.54) is 15.3 Å². The van der Waals surface area contributed by atoms with Crippen molar-refractivity contribution in [1.82, 2.24) is 0 Å². The van der Waals surface area contributed by atoms with Gasteiger partial charge in [-0.3, -0.25) is 0 Å². The van der Waals surface area contributed by atoms with E-state index < -0.39 is 0 Å². The van der Waals surface area contributed by atoms with E-state index in [2.05, 4.69) is 82.2 Å². The lowest BCUT2D eigenvalue weighted by molar-refractivity contribution is 0.905. The minimum absolute atomic E-state index is 0.305. The molecule has 1 aromatic heterocycles. The average Bonchev–Trinajstić information content (AvgIpc) is 2.70. The van der Waals surface area contributed by atoms with Crippen molar-refractivity contribution < 1.29 is 0 Å². The molecule has 2 rings (SSSR count). The summed E-state index contributed by atoms with van der Waals surface area (Å²) in [5.41, 5.74) is 2.35. The van der Waals surface area contributed by atoms with Crippen LogP contribution in [0, 0.1) is 13.8 Å². The number of halogens is 2. The topological polar surface area (TPSA) is 12.0 Å². The maximum atomic E-state index is 3.62. The van der Waals surface area contributed by atoms with Gasteiger partial charge in [-0.1, -0.05) is 0 Å². The number of benzene rings is 1. The highest BCUT2D eigenvalue weighted by atomic mass is 79.9. The second-order valence-corrected chi connectivity index (χ2v) is 7.45. The average molecular weight is 389 g/mol. The van der Waals surface area contributed by atoms with Crippen molar-refractivity contribution in [2.24, 2.45) is 0 Å². The van der Waals surface area contributed by atoms with Gasteiger partial charge in [0.05, 0.1) is 11.7 Å². The van der Waals surface area contributed by atoms with Gasteiger partial charge < -0.3 is 5.32 Å². The van der Waals surface area contributed by atoms with Gasteiger partial charge in [-0.05, 0) is 82.5 Å². The fourth-order valence-corrected chi connectivity index (χ4v) is 4.34. The zero-order chi connectivity index (χ0) is 13.3. The van der Waals surface area contributed by atoms with Crippen LogP contribution in [0.4, 0.5) is 5.69 Å². The van der Waals surface area contributed by atoms with E-state index in [1.54, 1.807) is 0 Å². The maximum Gasteiger partial charge on any atom is 0.0634 e. The predicted octanol–water partition coefficient (Wildman–Crippen LogP) is 6.06. The summed E-state index contributed by atoms with van der Waals surface area (Å²) in [5, 5.41) is 3.55. The van der Waals surface area contributed by atoms with Crippen LogP contribution in [0.5, 0.6) is 0 Å². The number of anilines is 1. The number of thiophene rings is 1. The van der Waals surface area contributed by atoms with Crippen LogP contribution in [0.2, 0.25) is 0 Å². The second-order valence-electron chi connectivity index (χ2n) is 4.42. The molecule has 1 nitrogen and oxygen atoms in total. The summed E-state index contributed by atoms with van der Waals surface area (Å²) in [6.07, 6.45) is 0. The Kier molecular flexibility index (Phi) is 4.51. The quantitative estimate of drug-likeness (QED) is 0.673. The first-order valence-corrected chi connectivity index (χ1v) is 8.16. The van der Waals surface area contributed by atoms with E-state index >= 15 is 0 Å². The summed E-state index contributed by atoms with van der Waals surface area (Å²) >= 11 is 9.07. The molecule has 0 aliphatic rings. The SMILES string of the molecule is Cc1cc(Br)c(NC(C)c2ccc(C)s2)c(Br)c1. The first-order chi connectivity index (χ1) is 8.47. The molecule has 1 heterocycles. The van der Waals surface area contributed by atoms with Crippen LogP contribution in [0.1, 0.15) is 28.3 Å². The Morgan fingerprint density at radius 1 is 1.11 bits per heavy atom. The first kappa shape index (κ1) is 14.1. The van der Waals surface area contributed by atoms with E-state index in [0.29, 0.717) is 6.04 Å². The van der Waals surface area contributed by atoms with Gasteiger partial charge in [0.25, 0.3) is 0 Å². The molecule has 1 aromatic carbocycles. The normalized spacial score (nSPS) is 12.5. The van der Waals surface area contributed by atoms with Crippen molar-refractivity contribution >= 4 is 48.9 Å². The molecule has 0 fully saturated rings. The minimum Gasteiger partial charge on any atom is -0.376 e. The molecule has 1 atom stereocenters. The Bertz CT molecular complexity index is 540. The van der Waals surface area contributed by atoms with Crippen molar-refractivity contribution in [3.05, 3.63) is 48.5 Å². The smallest absolute Gasteiger partial charge is 0.0634 e. The first-order valence-electron chi connectivity index (χ1n) is 5.76. The van der Waals surface area contributed by atoms with Crippen molar-refractivity contribution in [2.75, 3.05) is 5.32 Å². The molecule has 0 saturated carbocycles. The van der Waals surface area contributed by atoms with Crippen molar-refractivity contribution in [3.8, 4) is 0 Å². The van der Waals surface area contributed by atoms with Crippen molar-refractivity contribution in [3.63, 3.8) is 0 Å². The van der Waals surface area contributed by atoms with Gasteiger partial charge >= 0.3 is 0 Å².